The number of piperidine rings is 1. The Kier molecular flexibility index (Phi) is 4.75. The number of amides is 1. The molecule has 2 heterocycles. The van der Waals surface area contributed by atoms with Gasteiger partial charge in [-0.15, -0.1) is 0 Å². The second-order valence-corrected chi connectivity index (χ2v) is 7.96. The zero-order valence-corrected chi connectivity index (χ0v) is 13.5. The summed E-state index contributed by atoms with van der Waals surface area (Å²) in [6, 6.07) is 0.301. The third-order valence-electron chi connectivity index (χ3n) is 4.50. The molecule has 0 aliphatic carbocycles. The Morgan fingerprint density at radius 3 is 2.40 bits per heavy atom. The topological polar surface area (TPSA) is 53.2 Å². The first-order valence-corrected chi connectivity index (χ1v) is 8.05. The highest BCUT2D eigenvalue weighted by Gasteiger charge is 2.38. The fourth-order valence-electron chi connectivity index (χ4n) is 4.02. The van der Waals surface area contributed by atoms with Crippen LogP contribution in [0.5, 0.6) is 0 Å². The molecule has 4 heteroatoms. The van der Waals surface area contributed by atoms with Gasteiger partial charge in [-0.1, -0.05) is 0 Å². The van der Waals surface area contributed by atoms with Crippen LogP contribution in [0.3, 0.4) is 0 Å². The average Bonchev–Trinajstić information content (AvgIpc) is 2.74. The van der Waals surface area contributed by atoms with E-state index in [1.165, 1.54) is 6.42 Å². The lowest BCUT2D eigenvalue weighted by atomic mass is 9.79. The summed E-state index contributed by atoms with van der Waals surface area (Å²) in [5.74, 6) is 0.928. The molecule has 116 valence electrons. The normalized spacial score (nSPS) is 29.3. The second-order valence-electron chi connectivity index (χ2n) is 7.96. The van der Waals surface area contributed by atoms with Crippen LogP contribution >= 0.6 is 0 Å². The Bertz CT molecular complexity index is 330. The van der Waals surface area contributed by atoms with Crippen molar-refractivity contribution in [2.75, 3.05) is 13.1 Å². The van der Waals surface area contributed by atoms with E-state index in [4.69, 9.17) is 0 Å². The van der Waals surface area contributed by atoms with Gasteiger partial charge in [0.2, 0.25) is 5.91 Å². The summed E-state index contributed by atoms with van der Waals surface area (Å²) in [4.78, 5) is 12.1. The van der Waals surface area contributed by atoms with Gasteiger partial charge in [0.1, 0.15) is 0 Å². The largest absolute Gasteiger partial charge is 0.353 e. The van der Waals surface area contributed by atoms with Crippen molar-refractivity contribution < 1.29 is 4.79 Å². The third kappa shape index (κ3) is 4.74. The van der Waals surface area contributed by atoms with Crippen LogP contribution in [-0.4, -0.2) is 36.1 Å². The van der Waals surface area contributed by atoms with Crippen molar-refractivity contribution in [3.05, 3.63) is 0 Å². The SMILES string of the molecule is CC1(C)CC(NC(=O)CCC2CCNC2)CC(C)(C)N1. The fourth-order valence-corrected chi connectivity index (χ4v) is 4.02. The second kappa shape index (κ2) is 6.02. The van der Waals surface area contributed by atoms with Gasteiger partial charge in [-0.05, 0) is 72.4 Å². The molecule has 3 N–H and O–H groups in total. The predicted molar refractivity (Wildman–Crippen MR) is 82.7 cm³/mol. The van der Waals surface area contributed by atoms with E-state index in [9.17, 15) is 4.79 Å². The fraction of sp³-hybridized carbons (Fsp3) is 0.938. The molecule has 0 aromatic carbocycles. The van der Waals surface area contributed by atoms with Crippen molar-refractivity contribution in [3.63, 3.8) is 0 Å². The lowest BCUT2D eigenvalue weighted by molar-refractivity contribution is -0.122. The zero-order valence-electron chi connectivity index (χ0n) is 13.5. The molecule has 0 aromatic heterocycles. The number of nitrogens with one attached hydrogen (secondary N) is 3. The summed E-state index contributed by atoms with van der Waals surface area (Å²) >= 11 is 0. The summed E-state index contributed by atoms with van der Waals surface area (Å²) in [5, 5.41) is 10.3. The molecule has 0 spiro atoms. The summed E-state index contributed by atoms with van der Waals surface area (Å²) < 4.78 is 0. The minimum Gasteiger partial charge on any atom is -0.353 e. The van der Waals surface area contributed by atoms with Gasteiger partial charge in [0, 0.05) is 23.5 Å². The maximum atomic E-state index is 12.1. The van der Waals surface area contributed by atoms with Gasteiger partial charge < -0.3 is 16.0 Å². The van der Waals surface area contributed by atoms with E-state index in [2.05, 4.69) is 43.6 Å². The molecule has 2 aliphatic heterocycles. The highest BCUT2D eigenvalue weighted by molar-refractivity contribution is 5.76. The van der Waals surface area contributed by atoms with Crippen LogP contribution < -0.4 is 16.0 Å². The molecule has 2 aliphatic rings. The molecule has 0 radical (unpaired) electrons. The molecule has 20 heavy (non-hydrogen) atoms. The molecule has 0 saturated carbocycles. The van der Waals surface area contributed by atoms with Crippen LogP contribution in [-0.2, 0) is 4.79 Å². The van der Waals surface area contributed by atoms with Crippen molar-refractivity contribution in [1.82, 2.24) is 16.0 Å². The first-order valence-electron chi connectivity index (χ1n) is 8.05. The monoisotopic (exact) mass is 281 g/mol. The number of hydrogen-bond acceptors (Lipinski definition) is 3. The van der Waals surface area contributed by atoms with Crippen molar-refractivity contribution in [3.8, 4) is 0 Å². The van der Waals surface area contributed by atoms with Crippen molar-refractivity contribution >= 4 is 5.91 Å². The van der Waals surface area contributed by atoms with Crippen LogP contribution in [0.15, 0.2) is 0 Å². The van der Waals surface area contributed by atoms with Gasteiger partial charge >= 0.3 is 0 Å². The van der Waals surface area contributed by atoms with Crippen LogP contribution in [0.2, 0.25) is 0 Å². The standard InChI is InChI=1S/C16H31N3O/c1-15(2)9-13(10-16(3,4)19-15)18-14(20)6-5-12-7-8-17-11-12/h12-13,17,19H,5-11H2,1-4H3,(H,18,20). The van der Waals surface area contributed by atoms with Crippen LogP contribution in [0.1, 0.15) is 59.8 Å². The van der Waals surface area contributed by atoms with Crippen LogP contribution in [0.4, 0.5) is 0 Å². The molecular weight excluding hydrogens is 250 g/mol. The number of hydrogen-bond donors (Lipinski definition) is 3. The Hall–Kier alpha value is -0.610. The molecule has 0 aromatic rings. The lowest BCUT2D eigenvalue weighted by Crippen LogP contribution is -2.62. The molecular formula is C16H31N3O. The van der Waals surface area contributed by atoms with Gasteiger partial charge in [-0.3, -0.25) is 4.79 Å². The van der Waals surface area contributed by atoms with Crippen molar-refractivity contribution in [1.29, 1.82) is 0 Å². The Labute approximate surface area is 123 Å². The number of rotatable bonds is 4. The van der Waals surface area contributed by atoms with E-state index in [0.29, 0.717) is 18.4 Å². The van der Waals surface area contributed by atoms with E-state index in [1.807, 2.05) is 0 Å². The van der Waals surface area contributed by atoms with Crippen molar-refractivity contribution in [2.45, 2.75) is 76.9 Å². The lowest BCUT2D eigenvalue weighted by Gasteiger charge is -2.46. The summed E-state index contributed by atoms with van der Waals surface area (Å²) in [6.45, 7) is 11.1. The summed E-state index contributed by atoms with van der Waals surface area (Å²) in [7, 11) is 0. The Morgan fingerprint density at radius 2 is 1.85 bits per heavy atom. The molecule has 2 rings (SSSR count). The first kappa shape index (κ1) is 15.8. The van der Waals surface area contributed by atoms with Gasteiger partial charge in [0.05, 0.1) is 0 Å². The number of carbonyl (C=O) groups excluding carboxylic acids is 1. The molecule has 1 atom stereocenters. The van der Waals surface area contributed by atoms with Crippen LogP contribution in [0.25, 0.3) is 0 Å². The number of carbonyl (C=O) groups is 1. The minimum absolute atomic E-state index is 0.0923. The zero-order chi connectivity index (χ0) is 14.8. The third-order valence-corrected chi connectivity index (χ3v) is 4.50. The minimum atomic E-state index is 0.0923. The maximum absolute atomic E-state index is 12.1. The van der Waals surface area contributed by atoms with E-state index in [1.54, 1.807) is 0 Å². The Morgan fingerprint density at radius 1 is 1.20 bits per heavy atom. The first-order chi connectivity index (χ1) is 9.26. The highest BCUT2D eigenvalue weighted by Crippen LogP contribution is 2.28. The smallest absolute Gasteiger partial charge is 0.220 e. The van der Waals surface area contributed by atoms with Gasteiger partial charge in [-0.25, -0.2) is 0 Å². The van der Waals surface area contributed by atoms with E-state index < -0.39 is 0 Å². The van der Waals surface area contributed by atoms with E-state index in [0.717, 1.165) is 32.4 Å². The molecule has 1 unspecified atom stereocenters. The van der Waals surface area contributed by atoms with Gasteiger partial charge in [-0.2, -0.15) is 0 Å². The van der Waals surface area contributed by atoms with E-state index in [-0.39, 0.29) is 17.0 Å². The summed E-state index contributed by atoms with van der Waals surface area (Å²) in [6.07, 6.45) is 4.94. The van der Waals surface area contributed by atoms with E-state index >= 15 is 0 Å². The molecule has 2 fully saturated rings. The molecule has 2 saturated heterocycles. The highest BCUT2D eigenvalue weighted by atomic mass is 16.1. The maximum Gasteiger partial charge on any atom is 0.220 e. The quantitative estimate of drug-likeness (QED) is 0.736. The molecule has 4 nitrogen and oxygen atoms in total. The summed E-state index contributed by atoms with van der Waals surface area (Å²) in [5.41, 5.74) is 0.185. The molecule has 0 bridgehead atoms. The van der Waals surface area contributed by atoms with Crippen LogP contribution in [0, 0.1) is 5.92 Å². The Balaban J connectivity index is 1.78. The van der Waals surface area contributed by atoms with Gasteiger partial charge in [0.25, 0.3) is 0 Å². The van der Waals surface area contributed by atoms with Gasteiger partial charge in [0.15, 0.2) is 0 Å². The average molecular weight is 281 g/mol. The predicted octanol–water partition coefficient (Wildman–Crippen LogP) is 1.80. The molecule has 1 amide bonds. The van der Waals surface area contributed by atoms with Crippen molar-refractivity contribution in [2.24, 2.45) is 5.92 Å².